The number of rotatable bonds is 4. The van der Waals surface area contributed by atoms with Crippen LogP contribution in [0.1, 0.15) is 5.56 Å². The Labute approximate surface area is 159 Å². The van der Waals surface area contributed by atoms with E-state index in [9.17, 15) is 13.2 Å². The first-order valence-electron chi connectivity index (χ1n) is 7.99. The van der Waals surface area contributed by atoms with Crippen molar-refractivity contribution in [3.63, 3.8) is 0 Å². The molecule has 3 rings (SSSR count). The Morgan fingerprint density at radius 2 is 1.44 bits per heavy atom. The van der Waals surface area contributed by atoms with Crippen LogP contribution in [0.2, 0.25) is 0 Å². The molecule has 2 N–H and O–H groups in total. The molecule has 0 aromatic heterocycles. The number of hydrogen-bond acceptors (Lipinski definition) is 2. The summed E-state index contributed by atoms with van der Waals surface area (Å²) in [7, 11) is 0. The van der Waals surface area contributed by atoms with Crippen LogP contribution in [-0.2, 0) is 6.18 Å². The lowest BCUT2D eigenvalue weighted by Crippen LogP contribution is -2.21. The lowest BCUT2D eigenvalue weighted by Gasteiger charge is -2.16. The minimum atomic E-state index is -4.47. The highest BCUT2D eigenvalue weighted by atomic mass is 32.1. The van der Waals surface area contributed by atoms with E-state index >= 15 is 0 Å². The van der Waals surface area contributed by atoms with Crippen molar-refractivity contribution in [1.82, 2.24) is 0 Å². The van der Waals surface area contributed by atoms with Gasteiger partial charge in [-0.25, -0.2) is 0 Å². The van der Waals surface area contributed by atoms with Gasteiger partial charge in [-0.15, -0.1) is 0 Å². The Balaban J connectivity index is 1.69. The number of alkyl halides is 3. The van der Waals surface area contributed by atoms with E-state index in [0.29, 0.717) is 17.2 Å². The third-order valence-electron chi connectivity index (χ3n) is 3.55. The van der Waals surface area contributed by atoms with Crippen LogP contribution >= 0.6 is 12.2 Å². The number of benzene rings is 3. The molecule has 0 amide bonds. The van der Waals surface area contributed by atoms with Gasteiger partial charge in [-0.2, -0.15) is 13.2 Å². The lowest BCUT2D eigenvalue weighted by molar-refractivity contribution is -0.136. The summed E-state index contributed by atoms with van der Waals surface area (Å²) in [5, 5.41) is 5.51. The highest BCUT2D eigenvalue weighted by Crippen LogP contribution is 2.34. The summed E-state index contributed by atoms with van der Waals surface area (Å²) in [4.78, 5) is 0. The Morgan fingerprint density at radius 3 is 2.19 bits per heavy atom. The van der Waals surface area contributed by atoms with Crippen molar-refractivity contribution in [3.8, 4) is 11.5 Å². The van der Waals surface area contributed by atoms with E-state index in [4.69, 9.17) is 17.0 Å². The summed E-state index contributed by atoms with van der Waals surface area (Å²) in [5.41, 5.74) is -0.306. The van der Waals surface area contributed by atoms with Crippen molar-refractivity contribution in [2.75, 3.05) is 10.6 Å². The molecule has 0 atom stereocenters. The molecular formula is C20H15F3N2OS. The van der Waals surface area contributed by atoms with Crippen LogP contribution in [0.25, 0.3) is 0 Å². The maximum Gasteiger partial charge on any atom is 0.418 e. The molecule has 27 heavy (non-hydrogen) atoms. The lowest BCUT2D eigenvalue weighted by atomic mass is 10.1. The first kappa shape index (κ1) is 18.7. The zero-order chi connectivity index (χ0) is 19.3. The van der Waals surface area contributed by atoms with Gasteiger partial charge in [0.05, 0.1) is 11.3 Å². The molecule has 0 saturated heterocycles. The average molecular weight is 388 g/mol. The van der Waals surface area contributed by atoms with E-state index in [2.05, 4.69) is 10.6 Å². The molecule has 3 aromatic carbocycles. The molecule has 0 saturated carbocycles. The third kappa shape index (κ3) is 5.21. The summed E-state index contributed by atoms with van der Waals surface area (Å²) >= 11 is 5.14. The van der Waals surface area contributed by atoms with Crippen molar-refractivity contribution in [1.29, 1.82) is 0 Å². The van der Waals surface area contributed by atoms with Crippen LogP contribution in [0.5, 0.6) is 11.5 Å². The predicted octanol–water partition coefficient (Wildman–Crippen LogP) is 6.31. The standard InChI is InChI=1S/C20H15F3N2OS/c21-20(22,23)17-11-4-5-12-18(17)25-19(27)24-14-7-6-10-16(13-14)26-15-8-2-1-3-9-15/h1-13H,(H2,24,25,27). The molecule has 7 heteroatoms. The highest BCUT2D eigenvalue weighted by molar-refractivity contribution is 7.80. The Bertz CT molecular complexity index is 930. The number of hydrogen-bond donors (Lipinski definition) is 2. The smallest absolute Gasteiger partial charge is 0.418 e. The van der Waals surface area contributed by atoms with Crippen LogP contribution in [-0.4, -0.2) is 5.11 Å². The number of anilines is 2. The molecule has 0 unspecified atom stereocenters. The number of para-hydroxylation sites is 2. The molecule has 0 fully saturated rings. The maximum absolute atomic E-state index is 13.1. The zero-order valence-corrected chi connectivity index (χ0v) is 14.8. The number of ether oxygens (including phenoxy) is 1. The predicted molar refractivity (Wildman–Crippen MR) is 104 cm³/mol. The van der Waals surface area contributed by atoms with E-state index in [1.165, 1.54) is 18.2 Å². The molecule has 0 heterocycles. The molecule has 3 aromatic rings. The summed E-state index contributed by atoms with van der Waals surface area (Å²) in [5.74, 6) is 1.25. The van der Waals surface area contributed by atoms with E-state index in [0.717, 1.165) is 6.07 Å². The van der Waals surface area contributed by atoms with Crippen molar-refractivity contribution < 1.29 is 17.9 Å². The molecule has 0 aliphatic carbocycles. The highest BCUT2D eigenvalue weighted by Gasteiger charge is 2.33. The second-order valence-electron chi connectivity index (χ2n) is 5.57. The molecule has 3 nitrogen and oxygen atoms in total. The largest absolute Gasteiger partial charge is 0.457 e. The average Bonchev–Trinajstić information content (AvgIpc) is 2.62. The molecule has 0 radical (unpaired) electrons. The van der Waals surface area contributed by atoms with Gasteiger partial charge in [0.25, 0.3) is 0 Å². The fourth-order valence-corrected chi connectivity index (χ4v) is 2.61. The fourth-order valence-electron chi connectivity index (χ4n) is 2.39. The quantitative estimate of drug-likeness (QED) is 0.514. The van der Waals surface area contributed by atoms with Gasteiger partial charge in [-0.05, 0) is 48.6 Å². The maximum atomic E-state index is 13.1. The van der Waals surface area contributed by atoms with Crippen molar-refractivity contribution in [3.05, 3.63) is 84.4 Å². The van der Waals surface area contributed by atoms with Gasteiger partial charge in [0.1, 0.15) is 11.5 Å². The normalized spacial score (nSPS) is 10.9. The summed E-state index contributed by atoms with van der Waals surface area (Å²) < 4.78 is 44.9. The summed E-state index contributed by atoms with van der Waals surface area (Å²) in [6, 6.07) is 21.4. The third-order valence-corrected chi connectivity index (χ3v) is 3.76. The Morgan fingerprint density at radius 1 is 0.778 bits per heavy atom. The van der Waals surface area contributed by atoms with Crippen molar-refractivity contribution in [2.24, 2.45) is 0 Å². The number of thiocarbonyl (C=S) groups is 1. The van der Waals surface area contributed by atoms with Crippen LogP contribution in [0.15, 0.2) is 78.9 Å². The molecule has 0 aliphatic rings. The number of nitrogens with one attached hydrogen (secondary N) is 2. The first-order chi connectivity index (χ1) is 12.9. The zero-order valence-electron chi connectivity index (χ0n) is 14.0. The Kier molecular flexibility index (Phi) is 5.61. The van der Waals surface area contributed by atoms with Gasteiger partial charge in [0.15, 0.2) is 5.11 Å². The van der Waals surface area contributed by atoms with Crippen LogP contribution in [0.4, 0.5) is 24.5 Å². The molecule has 138 valence electrons. The molecule has 0 aliphatic heterocycles. The van der Waals surface area contributed by atoms with Gasteiger partial charge < -0.3 is 15.4 Å². The first-order valence-corrected chi connectivity index (χ1v) is 8.40. The molecule has 0 spiro atoms. The van der Waals surface area contributed by atoms with E-state index in [1.807, 2.05) is 30.3 Å². The van der Waals surface area contributed by atoms with Gasteiger partial charge >= 0.3 is 6.18 Å². The summed E-state index contributed by atoms with van der Waals surface area (Å²) in [6.45, 7) is 0. The van der Waals surface area contributed by atoms with Gasteiger partial charge in [-0.1, -0.05) is 36.4 Å². The van der Waals surface area contributed by atoms with Crippen molar-refractivity contribution >= 4 is 28.7 Å². The van der Waals surface area contributed by atoms with Gasteiger partial charge in [0, 0.05) is 11.8 Å². The second-order valence-corrected chi connectivity index (χ2v) is 5.97. The van der Waals surface area contributed by atoms with Gasteiger partial charge in [0.2, 0.25) is 0 Å². The van der Waals surface area contributed by atoms with Gasteiger partial charge in [-0.3, -0.25) is 0 Å². The van der Waals surface area contributed by atoms with Crippen molar-refractivity contribution in [2.45, 2.75) is 6.18 Å². The number of halogens is 3. The topological polar surface area (TPSA) is 33.3 Å². The van der Waals surface area contributed by atoms with E-state index in [1.54, 1.807) is 24.3 Å². The summed E-state index contributed by atoms with van der Waals surface area (Å²) in [6.07, 6.45) is -4.47. The molecular weight excluding hydrogens is 373 g/mol. The minimum absolute atomic E-state index is 0.0450. The fraction of sp³-hybridized carbons (Fsp3) is 0.0500. The van der Waals surface area contributed by atoms with E-state index < -0.39 is 11.7 Å². The van der Waals surface area contributed by atoms with Crippen LogP contribution in [0.3, 0.4) is 0 Å². The van der Waals surface area contributed by atoms with E-state index in [-0.39, 0.29) is 10.8 Å². The SMILES string of the molecule is FC(F)(F)c1ccccc1NC(=S)Nc1cccc(Oc2ccccc2)c1. The van der Waals surface area contributed by atoms with Crippen LogP contribution < -0.4 is 15.4 Å². The second kappa shape index (κ2) is 8.09. The molecule has 0 bridgehead atoms. The minimum Gasteiger partial charge on any atom is -0.457 e. The van der Waals surface area contributed by atoms with Crippen LogP contribution in [0, 0.1) is 0 Å². The monoisotopic (exact) mass is 388 g/mol. The Hall–Kier alpha value is -3.06.